The van der Waals surface area contributed by atoms with Gasteiger partial charge in [0.25, 0.3) is 0 Å². The van der Waals surface area contributed by atoms with E-state index in [4.69, 9.17) is 9.84 Å². The number of nitrogens with zero attached hydrogens (tertiary/aromatic N) is 3. The van der Waals surface area contributed by atoms with Gasteiger partial charge in [-0.3, -0.25) is 4.79 Å². The molecule has 0 amide bonds. The van der Waals surface area contributed by atoms with E-state index in [9.17, 15) is 9.90 Å². The summed E-state index contributed by atoms with van der Waals surface area (Å²) < 4.78 is 7.32. The predicted molar refractivity (Wildman–Crippen MR) is 121 cm³/mol. The molecule has 7 nitrogen and oxygen atoms in total. The molecule has 2 saturated carbocycles. The lowest BCUT2D eigenvalue weighted by molar-refractivity contribution is -0.121. The molecule has 2 aromatic rings. The number of ketones is 1. The van der Waals surface area contributed by atoms with Crippen molar-refractivity contribution in [2.75, 3.05) is 19.0 Å². The van der Waals surface area contributed by atoms with E-state index in [0.29, 0.717) is 30.2 Å². The van der Waals surface area contributed by atoms with Crippen molar-refractivity contribution in [2.24, 2.45) is 5.92 Å². The second-order valence-electron chi connectivity index (χ2n) is 9.57. The zero-order valence-corrected chi connectivity index (χ0v) is 19.0. The molecule has 1 atom stereocenters. The van der Waals surface area contributed by atoms with Crippen LogP contribution < -0.4 is 5.32 Å². The Morgan fingerprint density at radius 2 is 1.87 bits per heavy atom. The number of fused-ring (bicyclic) bond motifs is 1. The van der Waals surface area contributed by atoms with Gasteiger partial charge in [0, 0.05) is 30.7 Å². The number of carbonyl (C=O) groups excluding carboxylic acids is 1. The number of anilines is 1. The van der Waals surface area contributed by atoms with E-state index in [1.165, 1.54) is 11.3 Å². The Morgan fingerprint density at radius 1 is 1.19 bits per heavy atom. The van der Waals surface area contributed by atoms with Crippen LogP contribution in [0.15, 0.2) is 12.3 Å². The molecular weight excluding hydrogens is 392 g/mol. The first-order chi connectivity index (χ1) is 15.0. The van der Waals surface area contributed by atoms with Crippen LogP contribution in [0.4, 0.5) is 5.95 Å². The number of ether oxygens (including phenoxy) is 1. The van der Waals surface area contributed by atoms with Crippen molar-refractivity contribution >= 4 is 17.2 Å². The fourth-order valence-electron chi connectivity index (χ4n) is 5.42. The summed E-state index contributed by atoms with van der Waals surface area (Å²) in [4.78, 5) is 16.4. The van der Waals surface area contributed by atoms with Gasteiger partial charge in [-0.25, -0.2) is 9.50 Å². The molecule has 0 unspecified atom stereocenters. The summed E-state index contributed by atoms with van der Waals surface area (Å²) in [7, 11) is 1.69. The van der Waals surface area contributed by atoms with E-state index in [1.54, 1.807) is 14.0 Å². The van der Waals surface area contributed by atoms with Gasteiger partial charge < -0.3 is 15.2 Å². The largest absolute Gasteiger partial charge is 0.393 e. The smallest absolute Gasteiger partial charge is 0.241 e. The molecule has 2 fully saturated rings. The highest BCUT2D eigenvalue weighted by Crippen LogP contribution is 2.41. The lowest BCUT2D eigenvalue weighted by Gasteiger charge is -2.27. The summed E-state index contributed by atoms with van der Waals surface area (Å²) in [5.41, 5.74) is 3.63. The summed E-state index contributed by atoms with van der Waals surface area (Å²) in [6, 6.07) is 2.46. The third-order valence-corrected chi connectivity index (χ3v) is 7.22. The minimum atomic E-state index is -0.175. The fraction of sp³-hybridized carbons (Fsp3) is 0.708. The molecule has 170 valence electrons. The fourth-order valence-corrected chi connectivity index (χ4v) is 5.42. The van der Waals surface area contributed by atoms with Gasteiger partial charge in [0.15, 0.2) is 0 Å². The number of aromatic nitrogens is 3. The van der Waals surface area contributed by atoms with Crippen LogP contribution in [0, 0.1) is 5.92 Å². The maximum atomic E-state index is 11.8. The molecule has 0 aromatic carbocycles. The zero-order valence-electron chi connectivity index (χ0n) is 19.0. The number of aliphatic hydroxyl groups is 1. The Balaban J connectivity index is 1.65. The standard InChI is InChI=1S/C24H36N4O3/c1-15(14-31-3)26-24-25-13-23-21(18-6-4-17(5-7-18)16(2)29)12-22(28(23)27-24)19-8-10-20(30)11-9-19/h12-13,15,17-20,30H,4-11,14H2,1-3H3,(H,26,27)/t15-,17-,18-,19-,20-/m0/s1. The van der Waals surface area contributed by atoms with E-state index in [2.05, 4.69) is 27.8 Å². The van der Waals surface area contributed by atoms with Crippen LogP contribution in [0.2, 0.25) is 0 Å². The van der Waals surface area contributed by atoms with E-state index >= 15 is 0 Å². The summed E-state index contributed by atoms with van der Waals surface area (Å²) in [6.07, 6.45) is 9.45. The van der Waals surface area contributed by atoms with Crippen molar-refractivity contribution < 1.29 is 14.6 Å². The predicted octanol–water partition coefficient (Wildman–Crippen LogP) is 4.06. The van der Waals surface area contributed by atoms with Gasteiger partial charge in [0.2, 0.25) is 5.95 Å². The summed E-state index contributed by atoms with van der Waals surface area (Å²) in [5, 5.41) is 18.2. The molecular formula is C24H36N4O3. The Hall–Kier alpha value is -1.99. The van der Waals surface area contributed by atoms with E-state index in [-0.39, 0.29) is 18.1 Å². The van der Waals surface area contributed by atoms with Crippen LogP contribution in [0.1, 0.15) is 88.3 Å². The first kappa shape index (κ1) is 22.2. The monoisotopic (exact) mass is 428 g/mol. The van der Waals surface area contributed by atoms with Crippen LogP contribution in [-0.4, -0.2) is 51.4 Å². The van der Waals surface area contributed by atoms with Crippen LogP contribution in [0.25, 0.3) is 5.52 Å². The highest BCUT2D eigenvalue weighted by molar-refractivity contribution is 5.78. The lowest BCUT2D eigenvalue weighted by Crippen LogP contribution is -2.23. The Labute approximate surface area is 184 Å². The molecule has 0 aliphatic heterocycles. The van der Waals surface area contributed by atoms with E-state index in [1.807, 2.05) is 6.20 Å². The van der Waals surface area contributed by atoms with Crippen molar-refractivity contribution in [1.29, 1.82) is 0 Å². The molecule has 2 heterocycles. The van der Waals surface area contributed by atoms with Gasteiger partial charge in [0.05, 0.1) is 24.4 Å². The molecule has 7 heteroatoms. The number of aliphatic hydroxyl groups excluding tert-OH is 1. The molecule has 0 saturated heterocycles. The molecule has 31 heavy (non-hydrogen) atoms. The van der Waals surface area contributed by atoms with Crippen molar-refractivity contribution in [3.63, 3.8) is 0 Å². The second-order valence-corrected chi connectivity index (χ2v) is 9.57. The Kier molecular flexibility index (Phi) is 6.92. The van der Waals surface area contributed by atoms with E-state index in [0.717, 1.165) is 56.9 Å². The first-order valence-corrected chi connectivity index (χ1v) is 11.8. The average Bonchev–Trinajstić information content (AvgIpc) is 3.13. The maximum Gasteiger partial charge on any atom is 0.241 e. The Morgan fingerprint density at radius 3 is 2.52 bits per heavy atom. The Bertz CT molecular complexity index is 896. The van der Waals surface area contributed by atoms with Crippen molar-refractivity contribution in [3.8, 4) is 0 Å². The molecule has 4 rings (SSSR count). The van der Waals surface area contributed by atoms with Gasteiger partial charge in [-0.2, -0.15) is 0 Å². The molecule has 0 bridgehead atoms. The van der Waals surface area contributed by atoms with E-state index < -0.39 is 0 Å². The molecule has 2 aliphatic rings. The van der Waals surface area contributed by atoms with Gasteiger partial charge in [-0.1, -0.05) is 0 Å². The number of rotatable bonds is 7. The van der Waals surface area contributed by atoms with Gasteiger partial charge >= 0.3 is 0 Å². The minimum absolute atomic E-state index is 0.118. The number of nitrogens with one attached hydrogen (secondary N) is 1. The minimum Gasteiger partial charge on any atom is -0.393 e. The van der Waals surface area contributed by atoms with Gasteiger partial charge in [-0.15, -0.1) is 5.10 Å². The molecule has 2 N–H and O–H groups in total. The topological polar surface area (TPSA) is 88.8 Å². The number of carbonyl (C=O) groups is 1. The van der Waals surface area contributed by atoms with Crippen LogP contribution in [0.3, 0.4) is 0 Å². The molecule has 0 radical (unpaired) electrons. The van der Waals surface area contributed by atoms with Crippen molar-refractivity contribution in [2.45, 2.75) is 89.2 Å². The molecule has 2 aliphatic carbocycles. The van der Waals surface area contributed by atoms with Crippen LogP contribution >= 0.6 is 0 Å². The van der Waals surface area contributed by atoms with Gasteiger partial charge in [0.1, 0.15) is 5.78 Å². The second kappa shape index (κ2) is 9.65. The number of hydrogen-bond acceptors (Lipinski definition) is 6. The highest BCUT2D eigenvalue weighted by Gasteiger charge is 2.30. The third-order valence-electron chi connectivity index (χ3n) is 7.22. The highest BCUT2D eigenvalue weighted by atomic mass is 16.5. The number of Topliss-reactive ketones (excluding diaryl/α,β-unsaturated/α-hetero) is 1. The van der Waals surface area contributed by atoms with Crippen molar-refractivity contribution in [3.05, 3.63) is 23.5 Å². The normalized spacial score (nSPS) is 27.9. The van der Waals surface area contributed by atoms with Gasteiger partial charge in [-0.05, 0) is 82.8 Å². The third kappa shape index (κ3) is 4.93. The first-order valence-electron chi connectivity index (χ1n) is 11.8. The SMILES string of the molecule is COC[C@H](C)Nc1ncc2c([C@H]3CC[C@H](C(C)=O)CC3)cc([C@H]3CC[C@H](O)CC3)n2n1. The number of methoxy groups -OCH3 is 1. The zero-order chi connectivity index (χ0) is 22.0. The maximum absolute atomic E-state index is 11.8. The lowest BCUT2D eigenvalue weighted by atomic mass is 9.77. The number of hydrogen-bond donors (Lipinski definition) is 2. The average molecular weight is 429 g/mol. The van der Waals surface area contributed by atoms with Crippen LogP contribution in [0.5, 0.6) is 0 Å². The quantitative estimate of drug-likeness (QED) is 0.691. The summed E-state index contributed by atoms with van der Waals surface area (Å²) in [6.45, 7) is 4.36. The molecule has 0 spiro atoms. The van der Waals surface area contributed by atoms with Crippen molar-refractivity contribution in [1.82, 2.24) is 14.6 Å². The summed E-state index contributed by atoms with van der Waals surface area (Å²) in [5.74, 6) is 2.00. The van der Waals surface area contributed by atoms with Crippen LogP contribution in [-0.2, 0) is 9.53 Å². The summed E-state index contributed by atoms with van der Waals surface area (Å²) >= 11 is 0. The molecule has 2 aromatic heterocycles.